The number of methoxy groups -OCH3 is 2. The van der Waals surface area contributed by atoms with Crippen molar-refractivity contribution in [1.82, 2.24) is 35.0 Å². The van der Waals surface area contributed by atoms with Crippen LogP contribution in [0.4, 0.5) is 13.2 Å². The number of likely N-dealkylation sites (N-methyl/N-ethyl adjacent to an activating group) is 2. The van der Waals surface area contributed by atoms with Crippen molar-refractivity contribution in [2.75, 3.05) is 41.9 Å². The van der Waals surface area contributed by atoms with Gasteiger partial charge in [0.1, 0.15) is 17.7 Å². The predicted octanol–water partition coefficient (Wildman–Crippen LogP) is 4.75. The normalized spacial score (nSPS) is 19.1. The monoisotopic (exact) mass is 1040 g/mol. The van der Waals surface area contributed by atoms with E-state index >= 15 is 0 Å². The minimum atomic E-state index is -5.41. The van der Waals surface area contributed by atoms with Gasteiger partial charge in [-0.25, -0.2) is 12.7 Å². The van der Waals surface area contributed by atoms with Gasteiger partial charge in [0.05, 0.1) is 47.6 Å². The van der Waals surface area contributed by atoms with Crippen LogP contribution in [0.25, 0.3) is 0 Å². The summed E-state index contributed by atoms with van der Waals surface area (Å²) in [6.45, 7) is 13.3. The van der Waals surface area contributed by atoms with Crippen LogP contribution in [0, 0.1) is 23.7 Å². The first kappa shape index (κ1) is 59.4. The quantitative estimate of drug-likeness (QED) is 0.116. The van der Waals surface area contributed by atoms with Crippen LogP contribution in [-0.4, -0.2) is 159 Å². The van der Waals surface area contributed by atoms with E-state index < -0.39 is 92.8 Å². The molecular weight excluding hydrogens is 960 g/mol. The molecule has 0 bridgehead atoms. The second kappa shape index (κ2) is 25.2. The van der Waals surface area contributed by atoms with Crippen molar-refractivity contribution in [3.63, 3.8) is 0 Å². The van der Waals surface area contributed by atoms with Crippen LogP contribution in [0.3, 0.4) is 0 Å². The summed E-state index contributed by atoms with van der Waals surface area (Å²) >= 11 is 0. The lowest BCUT2D eigenvalue weighted by molar-refractivity contribution is -0.176. The van der Waals surface area contributed by atoms with Gasteiger partial charge in [0.15, 0.2) is 0 Å². The largest absolute Gasteiger partial charge is 0.471 e. The summed E-state index contributed by atoms with van der Waals surface area (Å²) in [6.07, 6.45) is -6.69. The zero-order valence-corrected chi connectivity index (χ0v) is 44.5. The lowest BCUT2D eigenvalue weighted by Gasteiger charge is -2.41. The summed E-state index contributed by atoms with van der Waals surface area (Å²) < 4.78 is 82.1. The van der Waals surface area contributed by atoms with Crippen LogP contribution >= 0.6 is 0 Å². The molecule has 0 radical (unpaired) electrons. The molecule has 2 aromatic rings. The van der Waals surface area contributed by atoms with Crippen LogP contribution < -0.4 is 16.0 Å². The van der Waals surface area contributed by atoms with E-state index in [-0.39, 0.29) is 65.5 Å². The molecule has 0 aromatic heterocycles. The van der Waals surface area contributed by atoms with Gasteiger partial charge in [-0.1, -0.05) is 103 Å². The van der Waals surface area contributed by atoms with Crippen molar-refractivity contribution in [2.45, 2.75) is 153 Å². The predicted molar refractivity (Wildman–Crippen MR) is 264 cm³/mol. The highest BCUT2D eigenvalue weighted by Crippen LogP contribution is 2.44. The third-order valence-corrected chi connectivity index (χ3v) is 15.9. The molecule has 17 nitrogen and oxygen atoms in total. The number of likely N-dealkylation sites (tertiary alicyclic amines) is 1. The summed E-state index contributed by atoms with van der Waals surface area (Å²) in [4.78, 5) is 88.9. The Kier molecular flexibility index (Phi) is 20.8. The van der Waals surface area contributed by atoms with Gasteiger partial charge in [-0.15, -0.1) is 0 Å². The van der Waals surface area contributed by atoms with Gasteiger partial charge in [-0.2, -0.15) is 13.2 Å². The molecule has 0 spiro atoms. The van der Waals surface area contributed by atoms with E-state index in [1.807, 2.05) is 60.5 Å². The number of nitrogens with zero attached hydrogens (tertiary/aromatic N) is 4. The molecule has 2 aromatic carbocycles. The van der Waals surface area contributed by atoms with Gasteiger partial charge in [0.2, 0.25) is 23.6 Å². The van der Waals surface area contributed by atoms with E-state index in [0.717, 1.165) is 12.1 Å². The number of alkyl halides is 3. The Morgan fingerprint density at radius 1 is 0.819 bits per heavy atom. The number of rotatable bonds is 25. The first-order chi connectivity index (χ1) is 33.7. The maximum Gasteiger partial charge on any atom is 0.471 e. The molecule has 3 N–H and O–H groups in total. The molecule has 0 unspecified atom stereocenters. The van der Waals surface area contributed by atoms with Crippen LogP contribution in [-0.2, 0) is 54.7 Å². The molecule has 2 fully saturated rings. The lowest BCUT2D eigenvalue weighted by atomic mass is 9.89. The molecular formula is C51H76F3N7O10S. The molecule has 1 heterocycles. The number of halogens is 3. The van der Waals surface area contributed by atoms with E-state index in [1.54, 1.807) is 52.5 Å². The van der Waals surface area contributed by atoms with Crippen LogP contribution in [0.2, 0.25) is 0 Å². The van der Waals surface area contributed by atoms with Crippen molar-refractivity contribution >= 4 is 45.5 Å². The van der Waals surface area contributed by atoms with Crippen molar-refractivity contribution < 1.29 is 59.8 Å². The summed E-state index contributed by atoms with van der Waals surface area (Å²) in [5, 5.41) is 7.43. The summed E-state index contributed by atoms with van der Waals surface area (Å²) in [6, 6.07) is 10.6. The fourth-order valence-electron chi connectivity index (χ4n) is 9.94. The number of ether oxygens (including phenoxy) is 2. The highest BCUT2D eigenvalue weighted by Gasteiger charge is 2.60. The number of nitrogens with one attached hydrogen (secondary N) is 3. The van der Waals surface area contributed by atoms with Gasteiger partial charge in [0, 0.05) is 34.2 Å². The molecule has 72 heavy (non-hydrogen) atoms. The molecule has 1 saturated carbocycles. The molecule has 6 amide bonds. The van der Waals surface area contributed by atoms with Gasteiger partial charge in [-0.05, 0) is 75.2 Å². The van der Waals surface area contributed by atoms with Crippen molar-refractivity contribution in [2.24, 2.45) is 23.7 Å². The number of amides is 6. The zero-order chi connectivity index (χ0) is 54.0. The minimum Gasteiger partial charge on any atom is -0.379 e. The molecule has 2 aliphatic rings. The summed E-state index contributed by atoms with van der Waals surface area (Å²) in [5.41, 5.74) is -1.81. The first-order valence-electron chi connectivity index (χ1n) is 24.6. The molecule has 1 aliphatic heterocycles. The van der Waals surface area contributed by atoms with Crippen molar-refractivity contribution in [3.05, 3.63) is 66.2 Å². The average molecular weight is 1040 g/mol. The van der Waals surface area contributed by atoms with Crippen LogP contribution in [0.15, 0.2) is 65.6 Å². The second-order valence-corrected chi connectivity index (χ2v) is 21.9. The van der Waals surface area contributed by atoms with Crippen molar-refractivity contribution in [3.8, 4) is 0 Å². The lowest BCUT2D eigenvalue weighted by Crippen LogP contribution is -2.62. The SMILES string of the molecule is CC[C@H](C)[C@@H]([C@H](CC(=O)N1CCC[C@H]1[C@H](OC)[C@@H](C)C(=O)N[C@@H](Cc1ccccc1)C(=O)N(C1(NC(=O)C(F)(F)F)CC1)S(=O)(=O)c1ccccc1)OC)N(C)C(=O)[C@@H](NC(=O)[C@H](C(C)C)N(C)C)C(C)C. The van der Waals surface area contributed by atoms with Crippen LogP contribution in [0.1, 0.15) is 92.6 Å². The Labute approximate surface area is 423 Å². The Balaban J connectivity index is 1.63. The van der Waals surface area contributed by atoms with Gasteiger partial charge >= 0.3 is 12.1 Å². The number of carbonyl (C=O) groups excluding carboxylic acids is 6. The third kappa shape index (κ3) is 14.1. The van der Waals surface area contributed by atoms with E-state index in [2.05, 4.69) is 10.6 Å². The number of sulfonamides is 1. The highest BCUT2D eigenvalue weighted by molar-refractivity contribution is 7.89. The molecule has 21 heteroatoms. The standard InChI is InChI=1S/C51H76F3N7O10S/c1-13-33(6)43(59(10)48(66)41(31(2)3)56-46(64)42(32(4)5)58(8)9)39(70-11)30-40(62)60-28-20-25-38(60)44(71-12)34(7)45(63)55-37(29-35-21-16-14-17-22-35)47(65)61(72(68,69)36-23-18-15-19-24-36)50(26-27-50)57-49(67)51(52,53)54/h14-19,21-24,31-34,37-39,41-44H,13,20,25-30H2,1-12H3,(H,55,63)(H,56,64)(H,57,67)/t33-,34+,37-,38-,39-,41-,42-,43-,44+/m0/s1. The maximum atomic E-state index is 14.9. The zero-order valence-electron chi connectivity index (χ0n) is 43.7. The molecule has 1 saturated heterocycles. The number of hydrogen-bond acceptors (Lipinski definition) is 11. The number of carbonyl (C=O) groups is 6. The first-order valence-corrected chi connectivity index (χ1v) is 26.1. The minimum absolute atomic E-state index is 0.0289. The van der Waals surface area contributed by atoms with E-state index in [1.165, 1.54) is 39.3 Å². The van der Waals surface area contributed by atoms with E-state index in [0.29, 0.717) is 31.4 Å². The second-order valence-electron chi connectivity index (χ2n) is 20.1. The Morgan fingerprint density at radius 3 is 1.89 bits per heavy atom. The number of benzene rings is 2. The maximum absolute atomic E-state index is 14.9. The van der Waals surface area contributed by atoms with E-state index in [4.69, 9.17) is 9.47 Å². The Hall–Kier alpha value is -5.12. The Morgan fingerprint density at radius 2 is 1.40 bits per heavy atom. The smallest absolute Gasteiger partial charge is 0.379 e. The molecule has 4 rings (SSSR count). The van der Waals surface area contributed by atoms with Gasteiger partial charge in [-0.3, -0.25) is 33.7 Å². The average Bonchev–Trinajstić information content (AvgIpc) is 3.91. The fraction of sp³-hybridized carbons (Fsp3) is 0.647. The topological polar surface area (TPSA) is 204 Å². The van der Waals surface area contributed by atoms with E-state index in [9.17, 15) is 50.4 Å². The van der Waals surface area contributed by atoms with Crippen LogP contribution in [0.5, 0.6) is 0 Å². The van der Waals surface area contributed by atoms with Gasteiger partial charge in [0.25, 0.3) is 15.9 Å². The fourth-order valence-corrected chi connectivity index (χ4v) is 11.7. The van der Waals surface area contributed by atoms with Crippen molar-refractivity contribution in [1.29, 1.82) is 0 Å². The highest BCUT2D eigenvalue weighted by atomic mass is 32.2. The molecule has 9 atom stereocenters. The summed E-state index contributed by atoms with van der Waals surface area (Å²) in [7, 11) is 3.16. The third-order valence-electron chi connectivity index (χ3n) is 14.0. The molecule has 402 valence electrons. The summed E-state index contributed by atoms with van der Waals surface area (Å²) in [5.74, 6) is -7.00. The van der Waals surface area contributed by atoms with Gasteiger partial charge < -0.3 is 35.2 Å². The molecule has 1 aliphatic carbocycles. The number of hydrogen-bond donors (Lipinski definition) is 3. The Bertz CT molecular complexity index is 2280.